The van der Waals surface area contributed by atoms with Crippen LogP contribution in [0.5, 0.6) is 5.75 Å². The molecule has 1 fully saturated rings. The number of hydrogen-bond acceptors (Lipinski definition) is 3. The summed E-state index contributed by atoms with van der Waals surface area (Å²) < 4.78 is 18.9. The van der Waals surface area contributed by atoms with E-state index in [9.17, 15) is 9.18 Å². The standard InChI is InChI=1S/C24H33FN4O2/c1-27(22-7-4-3-5-8-22)12-6-11-26-24(30)19-29-15-13-28(14-16-29)18-20-17-21(25)9-10-23(20)31-2/h3-5,7-10,17H,6,11-16,18-19H2,1-2H3,(H,26,30)/p+2. The number of anilines is 1. The van der Waals surface area contributed by atoms with Crippen LogP contribution in [-0.2, 0) is 11.3 Å². The van der Waals surface area contributed by atoms with E-state index in [2.05, 4.69) is 29.4 Å². The third-order valence-electron chi connectivity index (χ3n) is 5.95. The van der Waals surface area contributed by atoms with Crippen LogP contribution in [0, 0.1) is 5.82 Å². The number of piperazine rings is 1. The Bertz CT molecular complexity index is 826. The number of amides is 1. The van der Waals surface area contributed by atoms with Crippen molar-refractivity contribution in [2.24, 2.45) is 0 Å². The Kier molecular flexibility index (Phi) is 8.67. The van der Waals surface area contributed by atoms with Crippen molar-refractivity contribution < 1.29 is 23.7 Å². The molecule has 1 heterocycles. The number of halogens is 1. The Morgan fingerprint density at radius 2 is 1.81 bits per heavy atom. The summed E-state index contributed by atoms with van der Waals surface area (Å²) in [5, 5.41) is 3.06. The zero-order valence-electron chi connectivity index (χ0n) is 18.6. The summed E-state index contributed by atoms with van der Waals surface area (Å²) in [6.07, 6.45) is 0.917. The minimum absolute atomic E-state index is 0.118. The lowest BCUT2D eigenvalue weighted by atomic mass is 10.1. The number of carbonyl (C=O) groups is 1. The van der Waals surface area contributed by atoms with Gasteiger partial charge in [0.05, 0.1) is 12.7 Å². The normalized spacial score (nSPS) is 18.4. The van der Waals surface area contributed by atoms with E-state index in [0.717, 1.165) is 57.0 Å². The van der Waals surface area contributed by atoms with E-state index in [1.807, 2.05) is 18.2 Å². The molecule has 0 radical (unpaired) electrons. The quantitative estimate of drug-likeness (QED) is 0.456. The van der Waals surface area contributed by atoms with Crippen LogP contribution in [0.25, 0.3) is 0 Å². The van der Waals surface area contributed by atoms with Gasteiger partial charge in [-0.1, -0.05) is 18.2 Å². The van der Waals surface area contributed by atoms with Gasteiger partial charge in [0.1, 0.15) is 44.3 Å². The fraction of sp³-hybridized carbons (Fsp3) is 0.458. The molecule has 0 bridgehead atoms. The number of nitrogens with zero attached hydrogens (tertiary/aromatic N) is 1. The van der Waals surface area contributed by atoms with Gasteiger partial charge in [0.15, 0.2) is 6.54 Å². The third kappa shape index (κ3) is 7.22. The lowest BCUT2D eigenvalue weighted by Crippen LogP contribution is -3.28. The molecule has 31 heavy (non-hydrogen) atoms. The minimum atomic E-state index is -0.230. The number of carbonyl (C=O) groups excluding carboxylic acids is 1. The van der Waals surface area contributed by atoms with Crippen molar-refractivity contribution in [1.29, 1.82) is 0 Å². The molecule has 1 amide bonds. The van der Waals surface area contributed by atoms with Crippen LogP contribution in [0.2, 0.25) is 0 Å². The van der Waals surface area contributed by atoms with Gasteiger partial charge < -0.3 is 24.8 Å². The summed E-state index contributed by atoms with van der Waals surface area (Å²) in [5.41, 5.74) is 2.09. The van der Waals surface area contributed by atoms with Crippen LogP contribution < -0.4 is 24.8 Å². The molecule has 2 aromatic carbocycles. The molecule has 3 N–H and O–H groups in total. The van der Waals surface area contributed by atoms with Crippen molar-refractivity contribution in [3.05, 3.63) is 59.9 Å². The van der Waals surface area contributed by atoms with Gasteiger partial charge in [-0.2, -0.15) is 0 Å². The van der Waals surface area contributed by atoms with E-state index in [4.69, 9.17) is 4.74 Å². The second kappa shape index (κ2) is 11.7. The van der Waals surface area contributed by atoms with E-state index in [1.54, 1.807) is 19.2 Å². The fourth-order valence-corrected chi connectivity index (χ4v) is 4.11. The first-order chi connectivity index (χ1) is 15.0. The van der Waals surface area contributed by atoms with Crippen LogP contribution in [-0.4, -0.2) is 65.9 Å². The molecule has 0 unspecified atom stereocenters. The molecule has 1 aliphatic heterocycles. The molecule has 0 spiro atoms. The maximum absolute atomic E-state index is 13.6. The fourth-order valence-electron chi connectivity index (χ4n) is 4.11. The van der Waals surface area contributed by atoms with Crippen molar-refractivity contribution >= 4 is 11.6 Å². The topological polar surface area (TPSA) is 50.5 Å². The number of benzene rings is 2. The number of rotatable bonds is 10. The van der Waals surface area contributed by atoms with Gasteiger partial charge in [0, 0.05) is 25.8 Å². The number of ether oxygens (including phenoxy) is 1. The maximum atomic E-state index is 13.6. The van der Waals surface area contributed by atoms with E-state index in [1.165, 1.54) is 21.6 Å². The molecule has 0 aromatic heterocycles. The maximum Gasteiger partial charge on any atom is 0.275 e. The summed E-state index contributed by atoms with van der Waals surface area (Å²) in [6, 6.07) is 14.9. The molecular weight excluding hydrogens is 395 g/mol. The second-order valence-corrected chi connectivity index (χ2v) is 8.27. The van der Waals surface area contributed by atoms with Gasteiger partial charge in [0.25, 0.3) is 5.91 Å². The second-order valence-electron chi connectivity index (χ2n) is 8.27. The SMILES string of the molecule is COc1ccc(F)cc1C[NH+]1CC[NH+](CC(=O)NCCCN(C)c2ccccc2)CC1. The van der Waals surface area contributed by atoms with E-state index < -0.39 is 0 Å². The molecular formula is C24H35FN4O2+2. The predicted molar refractivity (Wildman–Crippen MR) is 120 cm³/mol. The van der Waals surface area contributed by atoms with E-state index >= 15 is 0 Å². The van der Waals surface area contributed by atoms with Crippen LogP contribution in [0.1, 0.15) is 12.0 Å². The molecule has 6 nitrogen and oxygen atoms in total. The number of quaternary nitrogens is 2. The summed E-state index contributed by atoms with van der Waals surface area (Å²) in [4.78, 5) is 17.2. The zero-order chi connectivity index (χ0) is 22.1. The molecule has 2 aromatic rings. The first-order valence-corrected chi connectivity index (χ1v) is 11.1. The molecule has 0 saturated carbocycles. The van der Waals surface area contributed by atoms with Gasteiger partial charge >= 0.3 is 0 Å². The number of hydrogen-bond donors (Lipinski definition) is 3. The zero-order valence-corrected chi connectivity index (χ0v) is 18.6. The van der Waals surface area contributed by atoms with Crippen molar-refractivity contribution in [3.63, 3.8) is 0 Å². The molecule has 0 atom stereocenters. The monoisotopic (exact) mass is 430 g/mol. The smallest absolute Gasteiger partial charge is 0.275 e. The average molecular weight is 431 g/mol. The van der Waals surface area contributed by atoms with Crippen LogP contribution in [0.4, 0.5) is 10.1 Å². The summed E-state index contributed by atoms with van der Waals surface area (Å²) >= 11 is 0. The van der Waals surface area contributed by atoms with Gasteiger partial charge in [-0.25, -0.2) is 4.39 Å². The highest BCUT2D eigenvalue weighted by Crippen LogP contribution is 2.18. The molecule has 1 saturated heterocycles. The van der Waals surface area contributed by atoms with Gasteiger partial charge in [-0.3, -0.25) is 4.79 Å². The minimum Gasteiger partial charge on any atom is -0.496 e. The first kappa shape index (κ1) is 23.0. The third-order valence-corrected chi connectivity index (χ3v) is 5.95. The van der Waals surface area contributed by atoms with Gasteiger partial charge in [-0.15, -0.1) is 0 Å². The van der Waals surface area contributed by atoms with E-state index in [-0.39, 0.29) is 11.7 Å². The lowest BCUT2D eigenvalue weighted by molar-refractivity contribution is -1.02. The molecule has 1 aliphatic rings. The Labute approximate surface area is 184 Å². The Morgan fingerprint density at radius 1 is 1.10 bits per heavy atom. The Hall–Kier alpha value is -2.64. The lowest BCUT2D eigenvalue weighted by Gasteiger charge is -2.29. The highest BCUT2D eigenvalue weighted by molar-refractivity contribution is 5.76. The number of para-hydroxylation sites is 1. The molecule has 0 aliphatic carbocycles. The highest BCUT2D eigenvalue weighted by Gasteiger charge is 2.25. The van der Waals surface area contributed by atoms with Crippen molar-refractivity contribution in [2.45, 2.75) is 13.0 Å². The summed E-state index contributed by atoms with van der Waals surface area (Å²) in [6.45, 7) is 6.67. The van der Waals surface area contributed by atoms with Crippen LogP contribution in [0.15, 0.2) is 48.5 Å². The summed E-state index contributed by atoms with van der Waals surface area (Å²) in [7, 11) is 3.69. The first-order valence-electron chi connectivity index (χ1n) is 11.1. The van der Waals surface area contributed by atoms with Crippen LogP contribution >= 0.6 is 0 Å². The van der Waals surface area contributed by atoms with Crippen LogP contribution in [0.3, 0.4) is 0 Å². The van der Waals surface area contributed by atoms with Crippen molar-refractivity contribution in [3.8, 4) is 5.75 Å². The van der Waals surface area contributed by atoms with Crippen molar-refractivity contribution in [1.82, 2.24) is 5.32 Å². The van der Waals surface area contributed by atoms with Gasteiger partial charge in [0.2, 0.25) is 0 Å². The average Bonchev–Trinajstić information content (AvgIpc) is 2.79. The number of nitrogens with one attached hydrogen (secondary N) is 3. The molecule has 7 heteroatoms. The predicted octanol–water partition coefficient (Wildman–Crippen LogP) is -0.240. The Balaban J connectivity index is 1.32. The van der Waals surface area contributed by atoms with Gasteiger partial charge in [-0.05, 0) is 36.8 Å². The largest absolute Gasteiger partial charge is 0.496 e. The summed E-state index contributed by atoms with van der Waals surface area (Å²) in [5.74, 6) is 0.625. The highest BCUT2D eigenvalue weighted by atomic mass is 19.1. The number of methoxy groups -OCH3 is 1. The molecule has 168 valence electrons. The van der Waals surface area contributed by atoms with E-state index in [0.29, 0.717) is 13.1 Å². The van der Waals surface area contributed by atoms with Crippen molar-refractivity contribution in [2.75, 3.05) is 64.9 Å². The molecule has 3 rings (SSSR count). The Morgan fingerprint density at radius 3 is 2.52 bits per heavy atom.